The molecule has 1 aromatic rings. The lowest BCUT2D eigenvalue weighted by molar-refractivity contribution is -0.124. The molecule has 4 N–H and O–H groups in total. The zero-order valence-corrected chi connectivity index (χ0v) is 14.8. The minimum atomic E-state index is -0.125. The van der Waals surface area contributed by atoms with Gasteiger partial charge in [0.15, 0.2) is 0 Å². The fourth-order valence-electron chi connectivity index (χ4n) is 3.38. The Hall–Kier alpha value is -1.39. The Labute approximate surface area is 146 Å². The molecule has 1 aliphatic rings. The molecule has 134 valence electrons. The first-order valence-electron chi connectivity index (χ1n) is 9.57. The zero-order chi connectivity index (χ0) is 17.0. The summed E-state index contributed by atoms with van der Waals surface area (Å²) >= 11 is 0. The van der Waals surface area contributed by atoms with Crippen LogP contribution in [0.25, 0.3) is 0 Å². The summed E-state index contributed by atoms with van der Waals surface area (Å²) in [5.41, 5.74) is 6.81. The Kier molecular flexibility index (Phi) is 8.85. The van der Waals surface area contributed by atoms with Gasteiger partial charge in [0.25, 0.3) is 0 Å². The largest absolute Gasteiger partial charge is 0.352 e. The minimum absolute atomic E-state index is 0.125. The number of hydrogen-bond acceptors (Lipinski definition) is 3. The summed E-state index contributed by atoms with van der Waals surface area (Å²) < 4.78 is 0. The van der Waals surface area contributed by atoms with Gasteiger partial charge in [-0.15, -0.1) is 0 Å². The van der Waals surface area contributed by atoms with Crippen LogP contribution < -0.4 is 16.4 Å². The Morgan fingerprint density at radius 2 is 1.79 bits per heavy atom. The molecule has 0 saturated heterocycles. The van der Waals surface area contributed by atoms with Crippen LogP contribution in [0, 0.1) is 0 Å². The van der Waals surface area contributed by atoms with Crippen molar-refractivity contribution in [2.45, 2.75) is 76.4 Å². The predicted molar refractivity (Wildman–Crippen MR) is 99.6 cm³/mol. The molecule has 1 fully saturated rings. The Bertz CT molecular complexity index is 455. The molecular formula is C20H33N3O. The van der Waals surface area contributed by atoms with Gasteiger partial charge in [-0.3, -0.25) is 4.79 Å². The van der Waals surface area contributed by atoms with Crippen LogP contribution in [0.4, 0.5) is 0 Å². The first-order valence-corrected chi connectivity index (χ1v) is 9.57. The van der Waals surface area contributed by atoms with Gasteiger partial charge in [0, 0.05) is 12.6 Å². The quantitative estimate of drug-likeness (QED) is 0.481. The molecule has 1 aliphatic carbocycles. The van der Waals surface area contributed by atoms with Gasteiger partial charge >= 0.3 is 0 Å². The summed E-state index contributed by atoms with van der Waals surface area (Å²) in [4.78, 5) is 12.7. The first kappa shape index (κ1) is 18.9. The van der Waals surface area contributed by atoms with Crippen LogP contribution in [0.15, 0.2) is 30.3 Å². The van der Waals surface area contributed by atoms with Crippen molar-refractivity contribution in [2.24, 2.45) is 5.73 Å². The van der Waals surface area contributed by atoms with E-state index >= 15 is 0 Å². The molecule has 0 radical (unpaired) electrons. The highest BCUT2D eigenvalue weighted by molar-refractivity contribution is 5.82. The van der Waals surface area contributed by atoms with E-state index in [1.165, 1.54) is 31.2 Å². The second kappa shape index (κ2) is 11.2. The molecule has 0 spiro atoms. The van der Waals surface area contributed by atoms with Crippen LogP contribution in [-0.2, 0) is 11.3 Å². The van der Waals surface area contributed by atoms with Crippen LogP contribution >= 0.6 is 0 Å². The average Bonchev–Trinajstić information content (AvgIpc) is 2.87. The maximum atomic E-state index is 12.7. The number of amides is 1. The molecule has 1 saturated carbocycles. The Balaban J connectivity index is 1.86. The molecule has 2 rings (SSSR count). The van der Waals surface area contributed by atoms with Crippen molar-refractivity contribution in [2.75, 3.05) is 6.54 Å². The topological polar surface area (TPSA) is 67.1 Å². The summed E-state index contributed by atoms with van der Waals surface area (Å²) in [6.07, 6.45) is 10.1. The fraction of sp³-hybridized carbons (Fsp3) is 0.650. The highest BCUT2D eigenvalue weighted by Crippen LogP contribution is 2.17. The van der Waals surface area contributed by atoms with Crippen molar-refractivity contribution < 1.29 is 4.79 Å². The van der Waals surface area contributed by atoms with Crippen molar-refractivity contribution in [3.8, 4) is 0 Å². The van der Waals surface area contributed by atoms with E-state index in [0.717, 1.165) is 38.6 Å². The molecule has 0 bridgehead atoms. The number of nitrogens with two attached hydrogens (primary N) is 1. The summed E-state index contributed by atoms with van der Waals surface area (Å²) in [5.74, 6) is 0.162. The SMILES string of the molecule is NCCCC[C@H](NCc1ccccc1)C(=O)NC1CCCCCC1. The monoisotopic (exact) mass is 331 g/mol. The highest BCUT2D eigenvalue weighted by Gasteiger charge is 2.21. The molecule has 1 amide bonds. The average molecular weight is 332 g/mol. The molecule has 1 aromatic carbocycles. The van der Waals surface area contributed by atoms with Gasteiger partial charge in [0.05, 0.1) is 6.04 Å². The molecule has 24 heavy (non-hydrogen) atoms. The van der Waals surface area contributed by atoms with Crippen molar-refractivity contribution in [3.05, 3.63) is 35.9 Å². The standard InChI is InChI=1S/C20H33N3O/c21-15-9-8-14-19(22-16-17-10-4-3-5-11-17)20(24)23-18-12-6-1-2-7-13-18/h3-5,10-11,18-19,22H,1-2,6-9,12-16,21H2,(H,23,24)/t19-/m0/s1. The summed E-state index contributed by atoms with van der Waals surface area (Å²) in [7, 11) is 0. The predicted octanol–water partition coefficient (Wildman–Crippen LogP) is 3.11. The van der Waals surface area contributed by atoms with Crippen LogP contribution in [0.2, 0.25) is 0 Å². The molecule has 0 aliphatic heterocycles. The van der Waals surface area contributed by atoms with Crippen molar-refractivity contribution in [1.82, 2.24) is 10.6 Å². The Morgan fingerprint density at radius 3 is 2.46 bits per heavy atom. The number of rotatable bonds is 9. The van der Waals surface area contributed by atoms with Gasteiger partial charge in [-0.25, -0.2) is 0 Å². The van der Waals surface area contributed by atoms with E-state index in [1.807, 2.05) is 18.2 Å². The van der Waals surface area contributed by atoms with E-state index in [1.54, 1.807) is 0 Å². The minimum Gasteiger partial charge on any atom is -0.352 e. The number of unbranched alkanes of at least 4 members (excludes halogenated alkanes) is 1. The van der Waals surface area contributed by atoms with Crippen LogP contribution in [0.1, 0.15) is 63.4 Å². The van der Waals surface area contributed by atoms with E-state index in [-0.39, 0.29) is 11.9 Å². The number of nitrogens with one attached hydrogen (secondary N) is 2. The molecule has 4 heteroatoms. The second-order valence-corrected chi connectivity index (χ2v) is 6.90. The van der Waals surface area contributed by atoms with Crippen LogP contribution in [0.3, 0.4) is 0 Å². The lowest BCUT2D eigenvalue weighted by Crippen LogP contribution is -2.47. The van der Waals surface area contributed by atoms with E-state index in [9.17, 15) is 4.79 Å². The smallest absolute Gasteiger partial charge is 0.237 e. The maximum absolute atomic E-state index is 12.7. The molecule has 0 unspecified atom stereocenters. The summed E-state index contributed by atoms with van der Waals surface area (Å²) in [6.45, 7) is 1.42. The summed E-state index contributed by atoms with van der Waals surface area (Å²) in [6, 6.07) is 10.5. The van der Waals surface area contributed by atoms with E-state index < -0.39 is 0 Å². The number of benzene rings is 1. The van der Waals surface area contributed by atoms with Crippen LogP contribution in [0.5, 0.6) is 0 Å². The molecule has 0 heterocycles. The number of carbonyl (C=O) groups is 1. The van der Waals surface area contributed by atoms with Crippen LogP contribution in [-0.4, -0.2) is 24.5 Å². The Morgan fingerprint density at radius 1 is 1.08 bits per heavy atom. The van der Waals surface area contributed by atoms with Gasteiger partial charge in [0.1, 0.15) is 0 Å². The first-order chi connectivity index (χ1) is 11.8. The van der Waals surface area contributed by atoms with Gasteiger partial charge in [0.2, 0.25) is 5.91 Å². The van der Waals surface area contributed by atoms with Crippen molar-refractivity contribution in [1.29, 1.82) is 0 Å². The lowest BCUT2D eigenvalue weighted by atomic mass is 10.1. The van der Waals surface area contributed by atoms with Crippen molar-refractivity contribution >= 4 is 5.91 Å². The molecule has 4 nitrogen and oxygen atoms in total. The van der Waals surface area contributed by atoms with Gasteiger partial charge in [-0.05, 0) is 37.8 Å². The maximum Gasteiger partial charge on any atom is 0.237 e. The molecule has 0 aromatic heterocycles. The summed E-state index contributed by atoms with van der Waals surface area (Å²) in [5, 5.41) is 6.74. The van der Waals surface area contributed by atoms with Gasteiger partial charge < -0.3 is 16.4 Å². The highest BCUT2D eigenvalue weighted by atomic mass is 16.2. The van der Waals surface area contributed by atoms with Gasteiger partial charge in [-0.1, -0.05) is 62.4 Å². The third-order valence-corrected chi connectivity index (χ3v) is 4.86. The third-order valence-electron chi connectivity index (χ3n) is 4.86. The third kappa shape index (κ3) is 7.02. The molecular weight excluding hydrogens is 298 g/mol. The number of hydrogen-bond donors (Lipinski definition) is 3. The second-order valence-electron chi connectivity index (χ2n) is 6.90. The fourth-order valence-corrected chi connectivity index (χ4v) is 3.38. The molecule has 1 atom stereocenters. The van der Waals surface area contributed by atoms with E-state index in [0.29, 0.717) is 12.6 Å². The zero-order valence-electron chi connectivity index (χ0n) is 14.8. The van der Waals surface area contributed by atoms with E-state index in [2.05, 4.69) is 22.8 Å². The van der Waals surface area contributed by atoms with Gasteiger partial charge in [-0.2, -0.15) is 0 Å². The van der Waals surface area contributed by atoms with Crippen molar-refractivity contribution in [3.63, 3.8) is 0 Å². The normalized spacial score (nSPS) is 17.2. The number of carbonyl (C=O) groups excluding carboxylic acids is 1. The lowest BCUT2D eigenvalue weighted by Gasteiger charge is -2.23. The van der Waals surface area contributed by atoms with E-state index in [4.69, 9.17) is 5.73 Å².